The molecule has 0 aliphatic carbocycles. The third-order valence-electron chi connectivity index (χ3n) is 3.01. The molecular formula is C12H17N3O2. The SMILES string of the molecule is CCC1CC(C(=O)Nc2cnccn2)CCO1. The normalized spacial score (nSPS) is 24.3. The van der Waals surface area contributed by atoms with E-state index in [9.17, 15) is 4.79 Å². The Morgan fingerprint density at radius 3 is 3.18 bits per heavy atom. The van der Waals surface area contributed by atoms with Gasteiger partial charge in [0.25, 0.3) is 0 Å². The summed E-state index contributed by atoms with van der Waals surface area (Å²) in [7, 11) is 0. The highest BCUT2D eigenvalue weighted by Crippen LogP contribution is 2.23. The minimum atomic E-state index is 0.0206. The molecule has 2 atom stereocenters. The van der Waals surface area contributed by atoms with E-state index in [2.05, 4.69) is 22.2 Å². The van der Waals surface area contributed by atoms with Gasteiger partial charge >= 0.3 is 0 Å². The van der Waals surface area contributed by atoms with E-state index < -0.39 is 0 Å². The number of amides is 1. The van der Waals surface area contributed by atoms with Crippen molar-refractivity contribution in [2.24, 2.45) is 5.92 Å². The molecule has 0 spiro atoms. The Morgan fingerprint density at radius 1 is 1.59 bits per heavy atom. The van der Waals surface area contributed by atoms with Crippen LogP contribution in [0.25, 0.3) is 0 Å². The lowest BCUT2D eigenvalue weighted by atomic mass is 9.93. The molecule has 92 valence electrons. The van der Waals surface area contributed by atoms with Crippen LogP contribution in [0.2, 0.25) is 0 Å². The molecule has 0 radical (unpaired) electrons. The molecule has 1 N–H and O–H groups in total. The average molecular weight is 235 g/mol. The Morgan fingerprint density at radius 2 is 2.47 bits per heavy atom. The van der Waals surface area contributed by atoms with Crippen molar-refractivity contribution < 1.29 is 9.53 Å². The smallest absolute Gasteiger partial charge is 0.228 e. The molecule has 1 aromatic rings. The maximum absolute atomic E-state index is 12.0. The summed E-state index contributed by atoms with van der Waals surface area (Å²) in [5.41, 5.74) is 0. The predicted octanol–water partition coefficient (Wildman–Crippen LogP) is 1.62. The Labute approximate surface area is 101 Å². The highest BCUT2D eigenvalue weighted by atomic mass is 16.5. The number of carbonyl (C=O) groups is 1. The van der Waals surface area contributed by atoms with E-state index in [4.69, 9.17) is 4.74 Å². The molecule has 1 aliphatic heterocycles. The van der Waals surface area contributed by atoms with Gasteiger partial charge in [0.15, 0.2) is 5.82 Å². The maximum atomic E-state index is 12.0. The Bertz CT molecular complexity index is 369. The molecular weight excluding hydrogens is 218 g/mol. The number of carbonyl (C=O) groups excluding carboxylic acids is 1. The maximum Gasteiger partial charge on any atom is 0.228 e. The third kappa shape index (κ3) is 3.23. The summed E-state index contributed by atoms with van der Waals surface area (Å²) in [4.78, 5) is 19.9. The van der Waals surface area contributed by atoms with Crippen molar-refractivity contribution >= 4 is 11.7 Å². The molecule has 2 heterocycles. The van der Waals surface area contributed by atoms with Gasteiger partial charge in [0.2, 0.25) is 5.91 Å². The zero-order valence-electron chi connectivity index (χ0n) is 9.93. The van der Waals surface area contributed by atoms with Crippen molar-refractivity contribution in [1.82, 2.24) is 9.97 Å². The lowest BCUT2D eigenvalue weighted by Gasteiger charge is -2.27. The van der Waals surface area contributed by atoms with Crippen molar-refractivity contribution in [3.8, 4) is 0 Å². The fourth-order valence-corrected chi connectivity index (χ4v) is 1.99. The number of nitrogens with one attached hydrogen (secondary N) is 1. The third-order valence-corrected chi connectivity index (χ3v) is 3.01. The second-order valence-electron chi connectivity index (χ2n) is 4.20. The molecule has 0 aromatic carbocycles. The number of ether oxygens (including phenoxy) is 1. The monoisotopic (exact) mass is 235 g/mol. The molecule has 2 unspecified atom stereocenters. The second-order valence-corrected chi connectivity index (χ2v) is 4.20. The minimum Gasteiger partial charge on any atom is -0.378 e. The lowest BCUT2D eigenvalue weighted by Crippen LogP contribution is -2.33. The molecule has 1 aromatic heterocycles. The number of anilines is 1. The van der Waals surface area contributed by atoms with E-state index in [0.717, 1.165) is 19.3 Å². The number of hydrogen-bond donors (Lipinski definition) is 1. The van der Waals surface area contributed by atoms with Crippen molar-refractivity contribution in [2.75, 3.05) is 11.9 Å². The van der Waals surface area contributed by atoms with Crippen LogP contribution in [-0.4, -0.2) is 28.6 Å². The van der Waals surface area contributed by atoms with E-state index >= 15 is 0 Å². The second kappa shape index (κ2) is 5.72. The first-order valence-corrected chi connectivity index (χ1v) is 5.98. The van der Waals surface area contributed by atoms with E-state index in [1.54, 1.807) is 18.6 Å². The highest BCUT2D eigenvalue weighted by molar-refractivity contribution is 5.91. The lowest BCUT2D eigenvalue weighted by molar-refractivity contribution is -0.124. The Balaban J connectivity index is 1.91. The molecule has 1 saturated heterocycles. The fraction of sp³-hybridized carbons (Fsp3) is 0.583. The highest BCUT2D eigenvalue weighted by Gasteiger charge is 2.27. The van der Waals surface area contributed by atoms with Crippen LogP contribution in [-0.2, 0) is 9.53 Å². The van der Waals surface area contributed by atoms with Crippen molar-refractivity contribution in [1.29, 1.82) is 0 Å². The van der Waals surface area contributed by atoms with Gasteiger partial charge < -0.3 is 10.1 Å². The fourth-order valence-electron chi connectivity index (χ4n) is 1.99. The molecule has 17 heavy (non-hydrogen) atoms. The van der Waals surface area contributed by atoms with Gasteiger partial charge in [0, 0.05) is 24.9 Å². The summed E-state index contributed by atoms with van der Waals surface area (Å²) in [6.45, 7) is 2.74. The van der Waals surface area contributed by atoms with Gasteiger partial charge in [-0.15, -0.1) is 0 Å². The average Bonchev–Trinajstić information content (AvgIpc) is 2.40. The number of aromatic nitrogens is 2. The summed E-state index contributed by atoms with van der Waals surface area (Å²) >= 11 is 0. The molecule has 5 heteroatoms. The first kappa shape index (κ1) is 12.0. The zero-order chi connectivity index (χ0) is 12.1. The van der Waals surface area contributed by atoms with Crippen molar-refractivity contribution in [3.63, 3.8) is 0 Å². The standard InChI is InChI=1S/C12H17N3O2/c1-2-10-7-9(3-6-17-10)12(16)15-11-8-13-4-5-14-11/h4-5,8-10H,2-3,6-7H2,1H3,(H,14,15,16). The van der Waals surface area contributed by atoms with Crippen LogP contribution in [0.4, 0.5) is 5.82 Å². The number of rotatable bonds is 3. The molecule has 1 fully saturated rings. The molecule has 2 rings (SSSR count). The van der Waals surface area contributed by atoms with Gasteiger partial charge in [0.1, 0.15) is 0 Å². The Hall–Kier alpha value is -1.49. The largest absolute Gasteiger partial charge is 0.378 e. The summed E-state index contributed by atoms with van der Waals surface area (Å²) in [6, 6.07) is 0. The van der Waals surface area contributed by atoms with Crippen LogP contribution in [0.15, 0.2) is 18.6 Å². The number of nitrogens with zero attached hydrogens (tertiary/aromatic N) is 2. The topological polar surface area (TPSA) is 64.1 Å². The quantitative estimate of drug-likeness (QED) is 0.864. The van der Waals surface area contributed by atoms with Crippen LogP contribution < -0.4 is 5.32 Å². The number of hydrogen-bond acceptors (Lipinski definition) is 4. The van der Waals surface area contributed by atoms with Gasteiger partial charge in [0.05, 0.1) is 12.3 Å². The van der Waals surface area contributed by atoms with Crippen molar-refractivity contribution in [2.45, 2.75) is 32.3 Å². The first-order chi connectivity index (χ1) is 8.29. The van der Waals surface area contributed by atoms with E-state index in [1.165, 1.54) is 0 Å². The zero-order valence-corrected chi connectivity index (χ0v) is 9.93. The first-order valence-electron chi connectivity index (χ1n) is 5.98. The molecule has 5 nitrogen and oxygen atoms in total. The van der Waals surface area contributed by atoms with Crippen LogP contribution in [0.1, 0.15) is 26.2 Å². The summed E-state index contributed by atoms with van der Waals surface area (Å²) in [5.74, 6) is 0.556. The van der Waals surface area contributed by atoms with Crippen LogP contribution in [0.3, 0.4) is 0 Å². The molecule has 0 saturated carbocycles. The summed E-state index contributed by atoms with van der Waals surface area (Å²) < 4.78 is 5.55. The molecule has 1 aliphatic rings. The van der Waals surface area contributed by atoms with E-state index in [1.807, 2.05) is 0 Å². The van der Waals surface area contributed by atoms with Crippen molar-refractivity contribution in [3.05, 3.63) is 18.6 Å². The van der Waals surface area contributed by atoms with E-state index in [-0.39, 0.29) is 17.9 Å². The summed E-state index contributed by atoms with van der Waals surface area (Å²) in [6.07, 6.45) is 7.43. The van der Waals surface area contributed by atoms with Crippen LogP contribution in [0, 0.1) is 5.92 Å². The van der Waals surface area contributed by atoms with Gasteiger partial charge in [-0.2, -0.15) is 0 Å². The van der Waals surface area contributed by atoms with Gasteiger partial charge in [-0.05, 0) is 19.3 Å². The van der Waals surface area contributed by atoms with Crippen LogP contribution in [0.5, 0.6) is 0 Å². The van der Waals surface area contributed by atoms with Gasteiger partial charge in [-0.1, -0.05) is 6.92 Å². The summed E-state index contributed by atoms with van der Waals surface area (Å²) in [5, 5.41) is 2.79. The van der Waals surface area contributed by atoms with E-state index in [0.29, 0.717) is 12.4 Å². The predicted molar refractivity (Wildman–Crippen MR) is 63.4 cm³/mol. The molecule has 1 amide bonds. The van der Waals surface area contributed by atoms with Gasteiger partial charge in [-0.25, -0.2) is 4.98 Å². The molecule has 0 bridgehead atoms. The van der Waals surface area contributed by atoms with Gasteiger partial charge in [-0.3, -0.25) is 9.78 Å². The minimum absolute atomic E-state index is 0.0206. The van der Waals surface area contributed by atoms with Crippen LogP contribution >= 0.6 is 0 Å². The Kier molecular flexibility index (Phi) is 4.03.